The zero-order chi connectivity index (χ0) is 13.0. The molecule has 0 bridgehead atoms. The summed E-state index contributed by atoms with van der Waals surface area (Å²) in [6.07, 6.45) is 9.34. The third kappa shape index (κ3) is 3.78. The van der Waals surface area contributed by atoms with Gasteiger partial charge in [0.1, 0.15) is 0 Å². The Morgan fingerprint density at radius 1 is 1.42 bits per heavy atom. The normalized spacial score (nSPS) is 14.3. The summed E-state index contributed by atoms with van der Waals surface area (Å²) in [5, 5.41) is 17.6. The Morgan fingerprint density at radius 2 is 2.21 bits per heavy atom. The van der Waals surface area contributed by atoms with Crippen LogP contribution in [0.25, 0.3) is 0 Å². The number of aromatic nitrogens is 2. The highest BCUT2D eigenvalue weighted by Gasteiger charge is 2.09. The van der Waals surface area contributed by atoms with Gasteiger partial charge in [-0.2, -0.15) is 10.1 Å². The Labute approximate surface area is 115 Å². The summed E-state index contributed by atoms with van der Waals surface area (Å²) in [7, 11) is 0. The number of nitrogens with zero attached hydrogens (tertiary/aromatic N) is 3. The van der Waals surface area contributed by atoms with Gasteiger partial charge in [-0.05, 0) is 25.2 Å². The molecule has 1 aliphatic carbocycles. The van der Waals surface area contributed by atoms with Crippen LogP contribution >= 0.6 is 11.8 Å². The summed E-state index contributed by atoms with van der Waals surface area (Å²) in [4.78, 5) is 17.9. The Balaban J connectivity index is 0.00000180. The van der Waals surface area contributed by atoms with E-state index in [1.165, 1.54) is 11.8 Å². The summed E-state index contributed by atoms with van der Waals surface area (Å²) >= 11 is 1.23. The van der Waals surface area contributed by atoms with Crippen LogP contribution in [0, 0.1) is 0 Å². The molecule has 0 saturated heterocycles. The van der Waals surface area contributed by atoms with Crippen molar-refractivity contribution >= 4 is 17.4 Å². The molecule has 0 saturated carbocycles. The number of hydrogen-bond acceptors (Lipinski definition) is 6. The number of rotatable bonds is 3. The molecule has 0 spiro atoms. The maximum atomic E-state index is 11.6. The standard InChI is InChI=1S/C11H12N4O2S.CH4/c1-18-11-12-9(16)8(10(17)13-11)15-14-7-5-3-2-4-6-7;/h3,5-6H,2,4H2,1H3,(H2,12,13,16,17);1H4. The SMILES string of the molecule is C.CSc1nc(O)c(N=NC2=CCCC=C2)c(=O)[nH]1. The van der Waals surface area contributed by atoms with Crippen molar-refractivity contribution in [2.45, 2.75) is 25.4 Å². The maximum absolute atomic E-state index is 11.6. The molecule has 0 amide bonds. The number of aromatic hydroxyl groups is 1. The van der Waals surface area contributed by atoms with Crippen LogP contribution in [0.4, 0.5) is 5.69 Å². The molecule has 0 fully saturated rings. The Hall–Kier alpha value is -1.89. The Morgan fingerprint density at radius 3 is 2.79 bits per heavy atom. The fourth-order valence-corrected chi connectivity index (χ4v) is 1.78. The summed E-state index contributed by atoms with van der Waals surface area (Å²) in [6.45, 7) is 0. The zero-order valence-corrected chi connectivity index (χ0v) is 10.6. The smallest absolute Gasteiger partial charge is 0.283 e. The van der Waals surface area contributed by atoms with Crippen molar-refractivity contribution in [1.82, 2.24) is 9.97 Å². The molecule has 1 aliphatic rings. The lowest BCUT2D eigenvalue weighted by Gasteiger charge is -2.01. The molecule has 0 radical (unpaired) electrons. The minimum Gasteiger partial charge on any atom is -0.491 e. The molecule has 102 valence electrons. The summed E-state index contributed by atoms with van der Waals surface area (Å²) in [5.74, 6) is -0.410. The van der Waals surface area contributed by atoms with Crippen molar-refractivity contribution in [1.29, 1.82) is 0 Å². The second kappa shape index (κ2) is 6.89. The fraction of sp³-hybridized carbons (Fsp3) is 0.333. The number of aromatic amines is 1. The lowest BCUT2D eigenvalue weighted by molar-refractivity contribution is 0.445. The highest BCUT2D eigenvalue weighted by molar-refractivity contribution is 7.98. The number of azo groups is 1. The first-order valence-corrected chi connectivity index (χ1v) is 6.59. The molecule has 2 rings (SSSR count). The molecule has 2 N–H and O–H groups in total. The molecule has 6 nitrogen and oxygen atoms in total. The van der Waals surface area contributed by atoms with Crippen molar-refractivity contribution in [3.05, 3.63) is 34.3 Å². The van der Waals surface area contributed by atoms with Gasteiger partial charge in [0.15, 0.2) is 5.16 Å². The van der Waals surface area contributed by atoms with E-state index in [9.17, 15) is 9.90 Å². The molecule has 1 heterocycles. The molecule has 0 unspecified atom stereocenters. The van der Waals surface area contributed by atoms with Gasteiger partial charge in [0.2, 0.25) is 11.6 Å². The topological polar surface area (TPSA) is 90.7 Å². The van der Waals surface area contributed by atoms with E-state index in [1.807, 2.05) is 18.2 Å². The molecule has 19 heavy (non-hydrogen) atoms. The molecular formula is C12H16N4O2S. The van der Waals surface area contributed by atoms with E-state index in [2.05, 4.69) is 20.2 Å². The van der Waals surface area contributed by atoms with Gasteiger partial charge < -0.3 is 5.11 Å². The average Bonchev–Trinajstić information content (AvgIpc) is 2.38. The first-order chi connectivity index (χ1) is 8.70. The van der Waals surface area contributed by atoms with Crippen LogP contribution in [-0.2, 0) is 0 Å². The Bertz CT molecular complexity index is 590. The lowest BCUT2D eigenvalue weighted by Crippen LogP contribution is -2.07. The lowest BCUT2D eigenvalue weighted by atomic mass is 10.2. The predicted octanol–water partition coefficient (Wildman–Crippen LogP) is 3.15. The van der Waals surface area contributed by atoms with E-state index < -0.39 is 11.4 Å². The fourth-order valence-electron chi connectivity index (χ4n) is 1.40. The van der Waals surface area contributed by atoms with E-state index in [4.69, 9.17) is 0 Å². The molecule has 0 aliphatic heterocycles. The summed E-state index contributed by atoms with van der Waals surface area (Å²) in [5.41, 5.74) is -0.00217. The second-order valence-corrected chi connectivity index (χ2v) is 4.35. The van der Waals surface area contributed by atoms with Crippen LogP contribution in [0.15, 0.2) is 44.1 Å². The highest BCUT2D eigenvalue weighted by Crippen LogP contribution is 2.22. The van der Waals surface area contributed by atoms with Crippen LogP contribution < -0.4 is 5.56 Å². The minimum atomic E-state index is -0.504. The van der Waals surface area contributed by atoms with Gasteiger partial charge in [-0.3, -0.25) is 9.78 Å². The molecular weight excluding hydrogens is 264 g/mol. The first-order valence-electron chi connectivity index (χ1n) is 5.36. The number of H-pyrrole nitrogens is 1. The minimum absolute atomic E-state index is 0. The van der Waals surface area contributed by atoms with Crippen LogP contribution in [0.2, 0.25) is 0 Å². The van der Waals surface area contributed by atoms with E-state index in [1.54, 1.807) is 6.26 Å². The van der Waals surface area contributed by atoms with Gasteiger partial charge in [0.05, 0.1) is 5.70 Å². The molecule has 1 aromatic rings. The average molecular weight is 280 g/mol. The van der Waals surface area contributed by atoms with Gasteiger partial charge in [0, 0.05) is 0 Å². The van der Waals surface area contributed by atoms with Gasteiger partial charge in [-0.25, -0.2) is 0 Å². The van der Waals surface area contributed by atoms with Gasteiger partial charge in [-0.15, -0.1) is 5.11 Å². The van der Waals surface area contributed by atoms with E-state index in [0.717, 1.165) is 12.8 Å². The van der Waals surface area contributed by atoms with Crippen molar-refractivity contribution in [3.8, 4) is 5.88 Å². The molecule has 0 aromatic carbocycles. The van der Waals surface area contributed by atoms with Crippen LogP contribution in [0.3, 0.4) is 0 Å². The monoisotopic (exact) mass is 280 g/mol. The quantitative estimate of drug-likeness (QED) is 0.505. The third-order valence-electron chi connectivity index (χ3n) is 2.29. The molecule has 7 heteroatoms. The largest absolute Gasteiger partial charge is 0.491 e. The highest BCUT2D eigenvalue weighted by atomic mass is 32.2. The third-order valence-corrected chi connectivity index (χ3v) is 2.87. The van der Waals surface area contributed by atoms with Crippen LogP contribution in [0.1, 0.15) is 20.3 Å². The zero-order valence-electron chi connectivity index (χ0n) is 9.75. The van der Waals surface area contributed by atoms with Gasteiger partial charge >= 0.3 is 0 Å². The summed E-state index contributed by atoms with van der Waals surface area (Å²) in [6, 6.07) is 0. The maximum Gasteiger partial charge on any atom is 0.283 e. The van der Waals surface area contributed by atoms with Crippen LogP contribution in [-0.4, -0.2) is 21.3 Å². The molecule has 1 aromatic heterocycles. The van der Waals surface area contributed by atoms with Crippen molar-refractivity contribution < 1.29 is 5.11 Å². The van der Waals surface area contributed by atoms with E-state index >= 15 is 0 Å². The van der Waals surface area contributed by atoms with Crippen LogP contribution in [0.5, 0.6) is 5.88 Å². The number of allylic oxidation sites excluding steroid dienone is 3. The van der Waals surface area contributed by atoms with Gasteiger partial charge in [-0.1, -0.05) is 31.3 Å². The van der Waals surface area contributed by atoms with E-state index in [0.29, 0.717) is 10.9 Å². The number of nitrogens with one attached hydrogen (secondary N) is 1. The first kappa shape index (κ1) is 15.2. The van der Waals surface area contributed by atoms with E-state index in [-0.39, 0.29) is 13.1 Å². The number of hydrogen-bond donors (Lipinski definition) is 2. The van der Waals surface area contributed by atoms with Gasteiger partial charge in [0.25, 0.3) is 5.56 Å². The second-order valence-electron chi connectivity index (χ2n) is 3.56. The van der Waals surface area contributed by atoms with Crippen molar-refractivity contribution in [2.75, 3.05) is 6.26 Å². The predicted molar refractivity (Wildman–Crippen MR) is 76.0 cm³/mol. The van der Waals surface area contributed by atoms with Crippen molar-refractivity contribution in [2.24, 2.45) is 10.2 Å². The molecule has 0 atom stereocenters. The Kier molecular flexibility index (Phi) is 5.50. The van der Waals surface area contributed by atoms with Crippen molar-refractivity contribution in [3.63, 3.8) is 0 Å². The number of thioether (sulfide) groups is 1. The summed E-state index contributed by atoms with van der Waals surface area (Å²) < 4.78 is 0.